The third kappa shape index (κ3) is 6.68. The Bertz CT molecular complexity index is 4150. The summed E-state index contributed by atoms with van der Waals surface area (Å²) in [6, 6.07) is 85.9. The van der Waals surface area contributed by atoms with Gasteiger partial charge in [0, 0.05) is 44.1 Å². The molecule has 0 heterocycles. The van der Waals surface area contributed by atoms with Crippen LogP contribution in [0, 0.1) is 17.9 Å². The molecular weight excluding hydrogens is 921 g/mol. The van der Waals surface area contributed by atoms with Crippen molar-refractivity contribution in [2.24, 2.45) is 0 Å². The Balaban J connectivity index is 1.03. The average Bonchev–Trinajstić information content (AvgIpc) is 3.90. The first-order valence-corrected chi connectivity index (χ1v) is 26.1. The van der Waals surface area contributed by atoms with Crippen molar-refractivity contribution in [3.05, 3.63) is 270 Å². The Morgan fingerprint density at radius 3 is 1.28 bits per heavy atom. The van der Waals surface area contributed by atoms with Gasteiger partial charge in [0.25, 0.3) is 0 Å². The maximum Gasteiger partial charge on any atom is 0.187 e. The van der Waals surface area contributed by atoms with Crippen LogP contribution in [0.2, 0.25) is 0 Å². The van der Waals surface area contributed by atoms with Crippen LogP contribution in [-0.4, -0.2) is 0 Å². The number of hydrogen-bond acceptors (Lipinski definition) is 3. The van der Waals surface area contributed by atoms with Crippen LogP contribution in [0.5, 0.6) is 0 Å². The van der Waals surface area contributed by atoms with E-state index in [0.29, 0.717) is 11.3 Å². The Kier molecular flexibility index (Phi) is 9.99. The molecule has 358 valence electrons. The van der Waals surface area contributed by atoms with E-state index in [1.807, 2.05) is 36.4 Å². The van der Waals surface area contributed by atoms with Crippen LogP contribution in [0.1, 0.15) is 55.5 Å². The van der Waals surface area contributed by atoms with Gasteiger partial charge in [-0.3, -0.25) is 0 Å². The number of benzene rings is 12. The van der Waals surface area contributed by atoms with Crippen molar-refractivity contribution in [1.29, 1.82) is 5.26 Å². The van der Waals surface area contributed by atoms with Gasteiger partial charge >= 0.3 is 0 Å². The van der Waals surface area contributed by atoms with Gasteiger partial charge in [0.1, 0.15) is 0 Å². The maximum absolute atomic E-state index is 9.67. The smallest absolute Gasteiger partial charge is 0.187 e. The second-order valence-corrected chi connectivity index (χ2v) is 21.5. The molecule has 4 heteroatoms. The third-order valence-corrected chi connectivity index (χ3v) is 16.6. The fourth-order valence-electron chi connectivity index (χ4n) is 12.9. The number of nitriles is 1. The molecule has 2 aliphatic carbocycles. The molecule has 0 unspecified atom stereocenters. The summed E-state index contributed by atoms with van der Waals surface area (Å²) in [6.07, 6.45) is 0. The number of hydrogen-bond donors (Lipinski definition) is 0. The molecule has 12 aromatic rings. The summed E-state index contributed by atoms with van der Waals surface area (Å²) in [5.41, 5.74) is 22.0. The molecule has 0 bridgehead atoms. The van der Waals surface area contributed by atoms with Crippen LogP contribution in [0.4, 0.5) is 39.8 Å². The molecule has 0 aliphatic heterocycles. The van der Waals surface area contributed by atoms with E-state index in [0.717, 1.165) is 67.2 Å². The van der Waals surface area contributed by atoms with Gasteiger partial charge < -0.3 is 9.80 Å². The van der Waals surface area contributed by atoms with Gasteiger partial charge in [0.05, 0.1) is 41.0 Å². The largest absolute Gasteiger partial charge is 0.309 e. The minimum Gasteiger partial charge on any atom is -0.309 e. The molecule has 0 amide bonds. The highest BCUT2D eigenvalue weighted by atomic mass is 15.2. The topological polar surface area (TPSA) is 34.6 Å². The Hall–Kier alpha value is -9.74. The second-order valence-electron chi connectivity index (χ2n) is 21.5. The molecule has 0 spiro atoms. The lowest BCUT2D eigenvalue weighted by atomic mass is 9.82. The van der Waals surface area contributed by atoms with Gasteiger partial charge in [-0.2, -0.15) is 5.26 Å². The molecule has 0 aromatic heterocycles. The monoisotopic (exact) mass is 970 g/mol. The van der Waals surface area contributed by atoms with Gasteiger partial charge in [-0.1, -0.05) is 198 Å². The highest BCUT2D eigenvalue weighted by Gasteiger charge is 2.40. The number of fused-ring (bicyclic) bond motifs is 6. The zero-order valence-electron chi connectivity index (χ0n) is 42.7. The van der Waals surface area contributed by atoms with E-state index in [1.54, 1.807) is 0 Å². The molecule has 2 aliphatic rings. The van der Waals surface area contributed by atoms with Gasteiger partial charge in [-0.25, -0.2) is 4.85 Å². The fraction of sp³-hybridized carbons (Fsp3) is 0.0833. The zero-order chi connectivity index (χ0) is 51.5. The summed E-state index contributed by atoms with van der Waals surface area (Å²) in [6.45, 7) is 17.0. The van der Waals surface area contributed by atoms with E-state index in [9.17, 15) is 5.26 Å². The molecule has 0 fully saturated rings. The van der Waals surface area contributed by atoms with Crippen molar-refractivity contribution in [2.45, 2.75) is 38.5 Å². The average molecular weight is 971 g/mol. The van der Waals surface area contributed by atoms with Crippen LogP contribution in [0.15, 0.2) is 231 Å². The SMILES string of the molecule is [C-]#[N+]c1ccc(-c2cccc(N(c3cccc4c3-c3ccccc3C4(C)C)c3ccc4ccc5c(N(c6cccc(-c7ccc(C#N)cc7)c6)c6cccc7c6-c6ccccc6C7(C)C)ccc6ccc3c4c65)c2)cc1. The molecule has 0 saturated carbocycles. The first kappa shape index (κ1) is 44.9. The van der Waals surface area contributed by atoms with E-state index >= 15 is 0 Å². The van der Waals surface area contributed by atoms with Crippen molar-refractivity contribution < 1.29 is 0 Å². The summed E-state index contributed by atoms with van der Waals surface area (Å²) in [7, 11) is 0. The Morgan fingerprint density at radius 2 is 0.816 bits per heavy atom. The van der Waals surface area contributed by atoms with Gasteiger partial charge in [-0.15, -0.1) is 0 Å². The summed E-state index contributed by atoms with van der Waals surface area (Å²) in [5.74, 6) is 0. The van der Waals surface area contributed by atoms with Gasteiger partial charge in [-0.05, 0) is 138 Å². The molecule has 0 atom stereocenters. The number of rotatable bonds is 8. The van der Waals surface area contributed by atoms with Crippen LogP contribution in [-0.2, 0) is 10.8 Å². The van der Waals surface area contributed by atoms with Crippen molar-refractivity contribution in [1.82, 2.24) is 0 Å². The van der Waals surface area contributed by atoms with Crippen LogP contribution >= 0.6 is 0 Å². The second kappa shape index (κ2) is 16.9. The minimum atomic E-state index is -0.192. The minimum absolute atomic E-state index is 0.191. The van der Waals surface area contributed by atoms with Gasteiger partial charge in [0.2, 0.25) is 0 Å². The van der Waals surface area contributed by atoms with Crippen LogP contribution in [0.3, 0.4) is 0 Å². The molecule has 0 saturated heterocycles. The quantitative estimate of drug-likeness (QED) is 0.112. The molecule has 14 rings (SSSR count). The van der Waals surface area contributed by atoms with E-state index in [-0.39, 0.29) is 10.8 Å². The molecule has 0 N–H and O–H groups in total. The van der Waals surface area contributed by atoms with Gasteiger partial charge in [0.15, 0.2) is 5.69 Å². The van der Waals surface area contributed by atoms with Crippen molar-refractivity contribution in [3.63, 3.8) is 0 Å². The van der Waals surface area contributed by atoms with E-state index in [4.69, 9.17) is 6.57 Å². The first-order valence-electron chi connectivity index (χ1n) is 26.1. The first-order chi connectivity index (χ1) is 37.1. The summed E-state index contributed by atoms with van der Waals surface area (Å²) in [4.78, 5) is 8.67. The van der Waals surface area contributed by atoms with Crippen LogP contribution < -0.4 is 9.80 Å². The van der Waals surface area contributed by atoms with Crippen molar-refractivity contribution >= 4 is 72.1 Å². The lowest BCUT2D eigenvalue weighted by molar-refractivity contribution is 0.660. The molecule has 76 heavy (non-hydrogen) atoms. The van der Waals surface area contributed by atoms with E-state index in [1.165, 1.54) is 66.1 Å². The highest BCUT2D eigenvalue weighted by molar-refractivity contribution is 6.28. The Labute approximate surface area is 443 Å². The molecule has 4 nitrogen and oxygen atoms in total. The number of anilines is 6. The van der Waals surface area contributed by atoms with E-state index < -0.39 is 0 Å². The maximum atomic E-state index is 9.67. The predicted molar refractivity (Wildman–Crippen MR) is 316 cm³/mol. The summed E-state index contributed by atoms with van der Waals surface area (Å²) < 4.78 is 0. The lowest BCUT2D eigenvalue weighted by Crippen LogP contribution is -2.16. The zero-order valence-corrected chi connectivity index (χ0v) is 42.7. The molecule has 0 radical (unpaired) electrons. The van der Waals surface area contributed by atoms with E-state index in [2.05, 4.69) is 243 Å². The highest BCUT2D eigenvalue weighted by Crippen LogP contribution is 2.58. The third-order valence-electron chi connectivity index (χ3n) is 16.6. The fourth-order valence-corrected chi connectivity index (χ4v) is 12.9. The summed E-state index contributed by atoms with van der Waals surface area (Å²) in [5, 5.41) is 16.8. The Morgan fingerprint density at radius 1 is 0.395 bits per heavy atom. The number of nitrogens with zero attached hydrogens (tertiary/aromatic N) is 4. The molecule has 12 aromatic carbocycles. The van der Waals surface area contributed by atoms with Crippen LogP contribution in [0.25, 0.3) is 81.7 Å². The predicted octanol–water partition coefficient (Wildman–Crippen LogP) is 19.9. The van der Waals surface area contributed by atoms with Crippen molar-refractivity contribution in [2.75, 3.05) is 9.80 Å². The molecular formula is C72H50N4. The lowest BCUT2D eigenvalue weighted by Gasteiger charge is -2.32. The summed E-state index contributed by atoms with van der Waals surface area (Å²) >= 11 is 0. The van der Waals surface area contributed by atoms with Crippen molar-refractivity contribution in [3.8, 4) is 50.6 Å². The normalized spacial score (nSPS) is 13.4. The standard InChI is InChI=1S/C72H50N4/c1-71(2)59-20-8-6-18-55(59)69-61(71)22-12-24-65(69)75(53-16-10-14-50(42-53)46-28-26-45(44-73)27-29-46)63-40-34-48-33-39-58-64(41-35-49-32-38-57(63)67(48)68(49)58)76(54-17-11-15-51(43-54)47-30-36-52(74-5)37-31-47)66-25-13-23-62-70(66)56-19-7-9-21-60(56)72(62,3)4/h6-43H,1-4H3.